The molecular formula is C46H46BNS2. The number of rotatable bonds is 2. The molecule has 2 aliphatic carbocycles. The minimum Gasteiger partial charge on any atom is -0.309 e. The number of hydrogen-bond donors (Lipinski definition) is 0. The van der Waals surface area contributed by atoms with Gasteiger partial charge in [-0.15, -0.1) is 11.3 Å². The van der Waals surface area contributed by atoms with E-state index >= 15 is 0 Å². The molecule has 0 amide bonds. The lowest BCUT2D eigenvalue weighted by Gasteiger charge is -2.44. The molecule has 2 aromatic heterocycles. The Kier molecular flexibility index (Phi) is 6.26. The fraction of sp³-hybridized carbons (Fsp3) is 0.348. The van der Waals surface area contributed by atoms with Gasteiger partial charge in [-0.1, -0.05) is 128 Å². The molecule has 0 radical (unpaired) electrons. The van der Waals surface area contributed by atoms with Crippen LogP contribution in [0.15, 0.2) is 84.2 Å². The van der Waals surface area contributed by atoms with Crippen LogP contribution in [-0.4, -0.2) is 6.71 Å². The molecule has 0 bridgehead atoms. The van der Waals surface area contributed by atoms with E-state index in [-0.39, 0.29) is 28.4 Å². The first kappa shape index (κ1) is 31.2. The van der Waals surface area contributed by atoms with E-state index in [0.29, 0.717) is 0 Å². The van der Waals surface area contributed by atoms with Crippen molar-refractivity contribution >= 4 is 72.9 Å². The second-order valence-corrected chi connectivity index (χ2v) is 20.2. The molecule has 250 valence electrons. The normalized spacial score (nSPS) is 19.8. The molecule has 2 aliphatic heterocycles. The monoisotopic (exact) mass is 687 g/mol. The number of anilines is 3. The van der Waals surface area contributed by atoms with Crippen LogP contribution in [0.2, 0.25) is 0 Å². The van der Waals surface area contributed by atoms with Crippen molar-refractivity contribution in [2.75, 3.05) is 4.90 Å². The summed E-state index contributed by atoms with van der Waals surface area (Å²) in [4.78, 5) is 6.02. The van der Waals surface area contributed by atoms with Gasteiger partial charge in [0.05, 0.1) is 11.4 Å². The maximum absolute atomic E-state index is 2.82. The standard InChI is InChI=1S/C46H46BNS2/c1-43(2)20-22-45(5,6)40-36(43)35(26-49-40)48-34-25-28(30-18-13-15-27-14-9-10-16-29(27)30)24-32-31-17-11-12-19-33(31)47(38(32)34)42-39(48)37-41(50-42)46(7,8)23-21-44(37,3)4/h9-19,24-26H,20-23H2,1-8H3. The molecule has 0 fully saturated rings. The smallest absolute Gasteiger partial charge is 0.260 e. The molecular weight excluding hydrogens is 641 g/mol. The summed E-state index contributed by atoms with van der Waals surface area (Å²) in [6.45, 7) is 20.3. The molecule has 0 saturated heterocycles. The third kappa shape index (κ3) is 4.07. The van der Waals surface area contributed by atoms with Crippen LogP contribution in [0.3, 0.4) is 0 Å². The predicted octanol–water partition coefficient (Wildman–Crippen LogP) is 11.6. The molecule has 0 N–H and O–H groups in total. The van der Waals surface area contributed by atoms with Crippen molar-refractivity contribution in [1.29, 1.82) is 0 Å². The van der Waals surface area contributed by atoms with E-state index in [2.05, 4.69) is 156 Å². The fourth-order valence-electron chi connectivity index (χ4n) is 10.1. The molecule has 4 heterocycles. The van der Waals surface area contributed by atoms with Gasteiger partial charge in [0.25, 0.3) is 6.71 Å². The number of hydrogen-bond acceptors (Lipinski definition) is 3. The molecule has 10 rings (SSSR count). The summed E-state index contributed by atoms with van der Waals surface area (Å²) in [6, 6.07) is 30.2. The van der Waals surface area contributed by atoms with Crippen LogP contribution in [0.4, 0.5) is 17.1 Å². The van der Waals surface area contributed by atoms with E-state index in [4.69, 9.17) is 0 Å². The molecule has 0 unspecified atom stereocenters. The highest BCUT2D eigenvalue weighted by molar-refractivity contribution is 7.29. The van der Waals surface area contributed by atoms with E-state index in [1.165, 1.54) is 86.7 Å². The number of nitrogens with zero attached hydrogens (tertiary/aromatic N) is 1. The lowest BCUT2D eigenvalue weighted by atomic mass is 9.40. The van der Waals surface area contributed by atoms with E-state index in [9.17, 15) is 0 Å². The van der Waals surface area contributed by atoms with Crippen molar-refractivity contribution in [3.63, 3.8) is 0 Å². The van der Waals surface area contributed by atoms with Crippen molar-refractivity contribution in [3.8, 4) is 22.3 Å². The lowest BCUT2D eigenvalue weighted by molar-refractivity contribution is 0.338. The molecule has 4 heteroatoms. The van der Waals surface area contributed by atoms with Crippen molar-refractivity contribution in [2.45, 2.75) is 103 Å². The zero-order valence-electron chi connectivity index (χ0n) is 30.8. The van der Waals surface area contributed by atoms with Gasteiger partial charge in [-0.05, 0) is 109 Å². The van der Waals surface area contributed by atoms with Crippen LogP contribution in [-0.2, 0) is 21.7 Å². The van der Waals surface area contributed by atoms with Crippen molar-refractivity contribution in [1.82, 2.24) is 0 Å². The van der Waals surface area contributed by atoms with Gasteiger partial charge in [-0.25, -0.2) is 0 Å². The van der Waals surface area contributed by atoms with Gasteiger partial charge < -0.3 is 4.90 Å². The molecule has 0 saturated carbocycles. The van der Waals surface area contributed by atoms with Gasteiger partial charge in [-0.3, -0.25) is 0 Å². The topological polar surface area (TPSA) is 3.24 Å². The molecule has 50 heavy (non-hydrogen) atoms. The summed E-state index contributed by atoms with van der Waals surface area (Å²) in [7, 11) is 0. The Morgan fingerprint density at radius 1 is 0.600 bits per heavy atom. The number of fused-ring (bicyclic) bond motifs is 9. The van der Waals surface area contributed by atoms with Crippen LogP contribution < -0.4 is 20.6 Å². The van der Waals surface area contributed by atoms with Crippen molar-refractivity contribution in [3.05, 3.63) is 105 Å². The van der Waals surface area contributed by atoms with Crippen LogP contribution in [0.25, 0.3) is 33.0 Å². The highest BCUT2D eigenvalue weighted by Gasteiger charge is 2.52. The maximum Gasteiger partial charge on any atom is 0.260 e. The largest absolute Gasteiger partial charge is 0.309 e. The van der Waals surface area contributed by atoms with Gasteiger partial charge in [0.15, 0.2) is 0 Å². The second-order valence-electron chi connectivity index (χ2n) is 18.2. The Hall–Kier alpha value is -3.60. The first-order valence-corrected chi connectivity index (χ1v) is 20.3. The summed E-state index contributed by atoms with van der Waals surface area (Å²) < 4.78 is 1.56. The van der Waals surface area contributed by atoms with Gasteiger partial charge >= 0.3 is 0 Å². The van der Waals surface area contributed by atoms with E-state index in [0.717, 1.165) is 0 Å². The Balaban J connectivity index is 1.37. The average Bonchev–Trinajstić information content (AvgIpc) is 3.81. The van der Waals surface area contributed by atoms with E-state index in [1.54, 1.807) is 25.7 Å². The number of benzene rings is 4. The summed E-state index contributed by atoms with van der Waals surface area (Å²) in [6.07, 6.45) is 4.88. The van der Waals surface area contributed by atoms with Gasteiger partial charge in [0.1, 0.15) is 0 Å². The lowest BCUT2D eigenvalue weighted by Crippen LogP contribution is -2.54. The van der Waals surface area contributed by atoms with E-state index < -0.39 is 0 Å². The maximum atomic E-state index is 2.82. The van der Waals surface area contributed by atoms with Crippen LogP contribution in [0.1, 0.15) is 102 Å². The fourth-order valence-corrected chi connectivity index (χ4v) is 13.2. The Bertz CT molecular complexity index is 2410. The highest BCUT2D eigenvalue weighted by atomic mass is 32.1. The van der Waals surface area contributed by atoms with Gasteiger partial charge in [0.2, 0.25) is 0 Å². The predicted molar refractivity (Wildman–Crippen MR) is 220 cm³/mol. The zero-order valence-corrected chi connectivity index (χ0v) is 32.4. The molecule has 4 aliphatic rings. The Morgan fingerprint density at radius 3 is 2.04 bits per heavy atom. The number of thiophene rings is 2. The Morgan fingerprint density at radius 2 is 1.24 bits per heavy atom. The molecule has 0 spiro atoms. The highest BCUT2D eigenvalue weighted by Crippen LogP contribution is 2.60. The SMILES string of the molecule is CC1(C)CCC(C)(C)c2c(N3c4cc(-c5cccc6ccccc56)cc5c4B(c4ccccc4-5)c4sc5c(c43)C(C)(C)CCC5(C)C)csc21. The van der Waals surface area contributed by atoms with Crippen LogP contribution in [0.5, 0.6) is 0 Å². The van der Waals surface area contributed by atoms with E-state index in [1.807, 2.05) is 11.3 Å². The first-order valence-electron chi connectivity index (χ1n) is 18.6. The third-order valence-electron chi connectivity index (χ3n) is 13.1. The summed E-state index contributed by atoms with van der Waals surface area (Å²) in [5, 5.41) is 5.16. The van der Waals surface area contributed by atoms with Crippen molar-refractivity contribution < 1.29 is 0 Å². The van der Waals surface area contributed by atoms with Gasteiger partial charge in [0, 0.05) is 25.6 Å². The molecule has 1 nitrogen and oxygen atoms in total. The molecule has 4 aromatic carbocycles. The van der Waals surface area contributed by atoms with Crippen molar-refractivity contribution in [2.24, 2.45) is 0 Å². The second kappa shape index (κ2) is 10.0. The zero-order chi connectivity index (χ0) is 34.5. The summed E-state index contributed by atoms with van der Waals surface area (Å²) in [5.41, 5.74) is 16.4. The molecule has 6 aromatic rings. The van der Waals surface area contributed by atoms with Crippen LogP contribution in [0, 0.1) is 0 Å². The summed E-state index contributed by atoms with van der Waals surface area (Å²) >= 11 is 4.16. The van der Waals surface area contributed by atoms with Gasteiger partial charge in [-0.2, -0.15) is 11.3 Å². The average molecular weight is 688 g/mol. The minimum absolute atomic E-state index is 0.0871. The minimum atomic E-state index is 0.0871. The molecule has 0 atom stereocenters. The first-order chi connectivity index (χ1) is 23.8. The summed E-state index contributed by atoms with van der Waals surface area (Å²) in [5.74, 6) is 0. The quantitative estimate of drug-likeness (QED) is 0.164. The third-order valence-corrected chi connectivity index (χ3v) is 16.0. The van der Waals surface area contributed by atoms with Crippen LogP contribution >= 0.6 is 22.7 Å². The Labute approximate surface area is 306 Å².